The zero-order chi connectivity index (χ0) is 36.8. The van der Waals surface area contributed by atoms with Crippen molar-refractivity contribution in [2.24, 2.45) is 27.1 Å². The molecule has 42 heavy (non-hydrogen) atoms. The smallest absolute Gasteiger partial charge is 0.313 e. The summed E-state index contributed by atoms with van der Waals surface area (Å²) in [6, 6.07) is 0. The van der Waals surface area contributed by atoms with Crippen molar-refractivity contribution in [1.29, 1.82) is 0 Å². The van der Waals surface area contributed by atoms with Gasteiger partial charge >= 0.3 is 29.8 Å². The largest absolute Gasteiger partial charge is 0.462 e. The standard InChI is InChI=1S/C31H52O11/c1-27(2,3)22(32)37-16-17-18(39-23(33)28(4,5)6)19(40-24(34)29(7,8)9)20(41-25(35)30(10,11)12)21(38-17)42-26(36)31(13,14)15/h17-21H,16H2,1-15H3/t17-,18-,19+,20+,21?/m1/s1/i1D,4D,7D,10D,13D. The summed E-state index contributed by atoms with van der Waals surface area (Å²) in [6.07, 6.45) is -8.64. The van der Waals surface area contributed by atoms with Crippen molar-refractivity contribution in [3.05, 3.63) is 0 Å². The summed E-state index contributed by atoms with van der Waals surface area (Å²) >= 11 is 0. The van der Waals surface area contributed by atoms with Gasteiger partial charge in [-0.3, -0.25) is 24.0 Å². The van der Waals surface area contributed by atoms with E-state index in [0.717, 1.165) is 0 Å². The van der Waals surface area contributed by atoms with Crippen LogP contribution in [0.4, 0.5) is 0 Å². The molecule has 11 nitrogen and oxygen atoms in total. The maximum atomic E-state index is 13.4. The Bertz CT molecular complexity index is 1140. The van der Waals surface area contributed by atoms with Crippen molar-refractivity contribution in [3.8, 4) is 0 Å². The maximum Gasteiger partial charge on any atom is 0.313 e. The molecule has 1 heterocycles. The highest BCUT2D eigenvalue weighted by Crippen LogP contribution is 2.35. The van der Waals surface area contributed by atoms with Gasteiger partial charge in [-0.1, -0.05) is 0 Å². The molecule has 0 aliphatic carbocycles. The lowest BCUT2D eigenvalue weighted by molar-refractivity contribution is -0.306. The molecule has 0 saturated carbocycles. The Morgan fingerprint density at radius 2 is 0.857 bits per heavy atom. The SMILES string of the molecule is [2H]CC(C)(C)C(=O)OC[C@H]1OC(OC(=O)C(C)(C)C[2H])[C@@H](OC(=O)C(C)(C)C[2H])[C@@H](OC(=O)C(C)(C)C[2H])[C@@H]1OC(=O)C(C)(C)C[2H]. The lowest BCUT2D eigenvalue weighted by atomic mass is 9.92. The molecule has 0 aromatic carbocycles. The molecule has 0 aromatic rings. The third kappa shape index (κ3) is 10.5. The summed E-state index contributed by atoms with van der Waals surface area (Å²) in [4.78, 5) is 66.2. The number of carbonyl (C=O) groups excluding carboxylic acids is 5. The quantitative estimate of drug-likeness (QED) is 0.305. The Morgan fingerprint density at radius 3 is 1.26 bits per heavy atom. The van der Waals surface area contributed by atoms with Crippen LogP contribution in [0.1, 0.15) is 111 Å². The van der Waals surface area contributed by atoms with Crippen LogP contribution < -0.4 is 0 Å². The second-order valence-corrected chi connectivity index (χ2v) is 14.1. The minimum atomic E-state index is -1.86. The third-order valence-corrected chi connectivity index (χ3v) is 5.69. The first-order chi connectivity index (χ1) is 21.4. The lowest BCUT2D eigenvalue weighted by Gasteiger charge is -2.45. The zero-order valence-electron chi connectivity index (χ0n) is 31.6. The lowest BCUT2D eigenvalue weighted by Crippen LogP contribution is -2.64. The molecule has 0 N–H and O–H groups in total. The van der Waals surface area contributed by atoms with Gasteiger partial charge in [0.25, 0.3) is 0 Å². The van der Waals surface area contributed by atoms with E-state index in [9.17, 15) is 24.0 Å². The normalized spacial score (nSPS) is 25.4. The van der Waals surface area contributed by atoms with Gasteiger partial charge in [0.1, 0.15) is 12.7 Å². The Balaban J connectivity index is 3.96. The number of hydrogen-bond donors (Lipinski definition) is 0. The molecule has 0 bridgehead atoms. The van der Waals surface area contributed by atoms with E-state index in [1.54, 1.807) is 0 Å². The molecule has 1 unspecified atom stereocenters. The van der Waals surface area contributed by atoms with Gasteiger partial charge in [-0.25, -0.2) is 0 Å². The number of carbonyl (C=O) groups is 5. The minimum Gasteiger partial charge on any atom is -0.462 e. The van der Waals surface area contributed by atoms with Gasteiger partial charge in [0, 0.05) is 6.85 Å². The number of esters is 5. The van der Waals surface area contributed by atoms with Crippen molar-refractivity contribution in [1.82, 2.24) is 0 Å². The molecule has 1 fully saturated rings. The first kappa shape index (κ1) is 29.4. The molecule has 1 aliphatic heterocycles. The maximum absolute atomic E-state index is 13.4. The van der Waals surface area contributed by atoms with E-state index in [0.29, 0.717) is 0 Å². The Labute approximate surface area is 257 Å². The number of ether oxygens (including phenoxy) is 6. The molecule has 0 aromatic heterocycles. The van der Waals surface area contributed by atoms with E-state index in [4.69, 9.17) is 35.3 Å². The monoisotopic (exact) mass is 605 g/mol. The summed E-state index contributed by atoms with van der Waals surface area (Å²) in [6.45, 7) is 11.7. The van der Waals surface area contributed by atoms with Gasteiger partial charge < -0.3 is 28.4 Å². The molecule has 242 valence electrons. The van der Waals surface area contributed by atoms with Gasteiger partial charge in [0.15, 0.2) is 12.2 Å². The van der Waals surface area contributed by atoms with Crippen LogP contribution in [0, 0.1) is 27.1 Å². The fraction of sp³-hybridized carbons (Fsp3) is 0.839. The molecule has 5 atom stereocenters. The summed E-state index contributed by atoms with van der Waals surface area (Å²) < 4.78 is 73.4. The second kappa shape index (κ2) is 12.9. The highest BCUT2D eigenvalue weighted by atomic mass is 16.7. The fourth-order valence-electron chi connectivity index (χ4n) is 2.98. The van der Waals surface area contributed by atoms with Crippen molar-refractivity contribution in [3.63, 3.8) is 0 Å². The Kier molecular flexibility index (Phi) is 9.02. The first-order valence-electron chi connectivity index (χ1n) is 17.0. The van der Waals surface area contributed by atoms with Crippen molar-refractivity contribution >= 4 is 29.8 Å². The van der Waals surface area contributed by atoms with Gasteiger partial charge in [-0.15, -0.1) is 0 Å². The van der Waals surface area contributed by atoms with Gasteiger partial charge in [-0.2, -0.15) is 0 Å². The zero-order valence-corrected chi connectivity index (χ0v) is 26.6. The minimum absolute atomic E-state index is 0.331. The summed E-state index contributed by atoms with van der Waals surface area (Å²) in [5.74, 6) is -4.64. The van der Waals surface area contributed by atoms with Crippen LogP contribution in [0.15, 0.2) is 0 Å². The molecular formula is C31H52O11. The van der Waals surface area contributed by atoms with Crippen LogP contribution in [0.2, 0.25) is 0 Å². The van der Waals surface area contributed by atoms with Crippen molar-refractivity contribution in [2.45, 2.75) is 134 Å². The van der Waals surface area contributed by atoms with Crippen LogP contribution in [0.5, 0.6) is 0 Å². The van der Waals surface area contributed by atoms with Crippen LogP contribution in [0.25, 0.3) is 0 Å². The number of rotatable bonds is 6. The Hall–Kier alpha value is -2.69. The topological polar surface area (TPSA) is 141 Å². The molecule has 0 amide bonds. The summed E-state index contributed by atoms with van der Waals surface area (Å²) in [5.41, 5.74) is -6.83. The molecule has 1 saturated heterocycles. The third-order valence-electron chi connectivity index (χ3n) is 5.69. The van der Waals surface area contributed by atoms with Crippen LogP contribution in [-0.2, 0) is 52.4 Å². The van der Waals surface area contributed by atoms with Crippen LogP contribution in [-0.4, -0.2) is 67.2 Å². The average Bonchev–Trinajstić information content (AvgIpc) is 3.01. The highest BCUT2D eigenvalue weighted by Gasteiger charge is 2.56. The van der Waals surface area contributed by atoms with Gasteiger partial charge in [0.05, 0.1) is 27.1 Å². The summed E-state index contributed by atoms with van der Waals surface area (Å²) in [7, 11) is 0. The number of hydrogen-bond acceptors (Lipinski definition) is 11. The van der Waals surface area contributed by atoms with E-state index in [-0.39, 0.29) is 6.90 Å². The van der Waals surface area contributed by atoms with Crippen molar-refractivity contribution in [2.75, 3.05) is 6.61 Å². The van der Waals surface area contributed by atoms with Gasteiger partial charge in [0.2, 0.25) is 12.4 Å². The molecule has 1 rings (SSSR count). The predicted octanol–water partition coefficient (Wildman–Crippen LogP) is 4.76. The van der Waals surface area contributed by atoms with Crippen LogP contribution >= 0.6 is 0 Å². The van der Waals surface area contributed by atoms with E-state index < -0.39 is 122 Å². The van der Waals surface area contributed by atoms with Crippen molar-refractivity contribution < 1.29 is 59.2 Å². The molecule has 0 spiro atoms. The van der Waals surface area contributed by atoms with E-state index in [1.165, 1.54) is 69.2 Å². The molecule has 11 heteroatoms. The fourth-order valence-corrected chi connectivity index (χ4v) is 2.98. The predicted molar refractivity (Wildman–Crippen MR) is 153 cm³/mol. The second-order valence-electron chi connectivity index (χ2n) is 14.1. The van der Waals surface area contributed by atoms with Gasteiger partial charge in [-0.05, 0) is 104 Å². The van der Waals surface area contributed by atoms with E-state index in [1.807, 2.05) is 0 Å². The average molecular weight is 606 g/mol. The Morgan fingerprint density at radius 1 is 0.524 bits per heavy atom. The summed E-state index contributed by atoms with van der Waals surface area (Å²) in [5, 5.41) is 0. The first-order valence-corrected chi connectivity index (χ1v) is 13.5. The molecule has 1 aliphatic rings. The highest BCUT2D eigenvalue weighted by molar-refractivity contribution is 5.78. The van der Waals surface area contributed by atoms with E-state index >= 15 is 0 Å². The van der Waals surface area contributed by atoms with Crippen LogP contribution in [0.3, 0.4) is 0 Å². The van der Waals surface area contributed by atoms with E-state index in [2.05, 4.69) is 0 Å². The molecular weight excluding hydrogens is 548 g/mol. The molecule has 0 radical (unpaired) electrons.